The van der Waals surface area contributed by atoms with Crippen LogP contribution in [0.15, 0.2) is 24.3 Å². The minimum atomic E-state index is -2.54. The van der Waals surface area contributed by atoms with E-state index >= 15 is 0 Å². The fourth-order valence-corrected chi connectivity index (χ4v) is 1.57. The molecule has 0 radical (unpaired) electrons. The quantitative estimate of drug-likeness (QED) is 0.790. The van der Waals surface area contributed by atoms with Gasteiger partial charge in [0.1, 0.15) is 0 Å². The van der Waals surface area contributed by atoms with Gasteiger partial charge in [0.05, 0.1) is 13.1 Å². The van der Waals surface area contributed by atoms with Crippen LogP contribution < -0.4 is 0 Å². The number of halogens is 2. The van der Waals surface area contributed by atoms with Gasteiger partial charge in [-0.2, -0.15) is 0 Å². The van der Waals surface area contributed by atoms with Crippen LogP contribution in [0, 0.1) is 12.3 Å². The Morgan fingerprint density at radius 2 is 2.22 bits per heavy atom. The maximum Gasteiger partial charge on any atom is 0.317 e. The highest BCUT2D eigenvalue weighted by molar-refractivity contribution is 5.69. The van der Waals surface area contributed by atoms with E-state index in [1.807, 2.05) is 0 Å². The number of terminal acetylenes is 1. The molecule has 0 aliphatic carbocycles. The van der Waals surface area contributed by atoms with E-state index in [9.17, 15) is 13.6 Å². The number of carboxylic acid groups (broad SMARTS) is 1. The highest BCUT2D eigenvalue weighted by atomic mass is 19.3. The van der Waals surface area contributed by atoms with E-state index in [1.165, 1.54) is 23.1 Å². The Labute approximate surface area is 104 Å². The number of benzene rings is 1. The van der Waals surface area contributed by atoms with Crippen molar-refractivity contribution in [2.45, 2.75) is 13.0 Å². The van der Waals surface area contributed by atoms with E-state index in [0.29, 0.717) is 5.56 Å². The summed E-state index contributed by atoms with van der Waals surface area (Å²) >= 11 is 0. The molecule has 0 aliphatic heterocycles. The Bertz CT molecular complexity index is 455. The summed E-state index contributed by atoms with van der Waals surface area (Å²) in [5, 5.41) is 8.70. The molecule has 0 unspecified atom stereocenters. The van der Waals surface area contributed by atoms with Crippen LogP contribution in [0.4, 0.5) is 8.78 Å². The van der Waals surface area contributed by atoms with Crippen molar-refractivity contribution < 1.29 is 18.7 Å². The zero-order chi connectivity index (χ0) is 13.5. The molecule has 0 bridgehead atoms. The van der Waals surface area contributed by atoms with Gasteiger partial charge in [0.15, 0.2) is 0 Å². The van der Waals surface area contributed by atoms with Crippen LogP contribution in [0.3, 0.4) is 0 Å². The van der Waals surface area contributed by atoms with Gasteiger partial charge in [-0.3, -0.25) is 9.69 Å². The summed E-state index contributed by atoms with van der Waals surface area (Å²) in [4.78, 5) is 12.1. The number of hydrogen-bond donors (Lipinski definition) is 1. The van der Waals surface area contributed by atoms with Crippen molar-refractivity contribution in [2.75, 3.05) is 13.1 Å². The van der Waals surface area contributed by atoms with Crippen LogP contribution in [-0.4, -0.2) is 29.1 Å². The number of carbonyl (C=O) groups is 1. The summed E-state index contributed by atoms with van der Waals surface area (Å²) in [7, 11) is 0. The highest BCUT2D eigenvalue weighted by Crippen LogP contribution is 2.20. The van der Waals surface area contributed by atoms with Gasteiger partial charge >= 0.3 is 5.97 Å². The maximum atomic E-state index is 12.5. The average Bonchev–Trinajstić information content (AvgIpc) is 2.28. The number of hydrogen-bond acceptors (Lipinski definition) is 2. The van der Waals surface area contributed by atoms with E-state index in [1.54, 1.807) is 6.07 Å². The first-order chi connectivity index (χ1) is 8.52. The summed E-state index contributed by atoms with van der Waals surface area (Å²) in [6.07, 6.45) is 2.60. The lowest BCUT2D eigenvalue weighted by atomic mass is 10.1. The summed E-state index contributed by atoms with van der Waals surface area (Å²) in [5.41, 5.74) is 0.535. The summed E-state index contributed by atoms with van der Waals surface area (Å²) in [6.45, 7) is 0.172. The third-order valence-corrected chi connectivity index (χ3v) is 2.28. The van der Waals surface area contributed by atoms with E-state index in [2.05, 4.69) is 5.92 Å². The Morgan fingerprint density at radius 1 is 1.50 bits per heavy atom. The average molecular weight is 253 g/mol. The topological polar surface area (TPSA) is 40.5 Å². The first-order valence-corrected chi connectivity index (χ1v) is 5.27. The van der Waals surface area contributed by atoms with E-state index in [-0.39, 0.29) is 25.2 Å². The van der Waals surface area contributed by atoms with Crippen molar-refractivity contribution in [3.63, 3.8) is 0 Å². The molecule has 0 fully saturated rings. The molecule has 96 valence electrons. The molecular weight excluding hydrogens is 240 g/mol. The Balaban J connectivity index is 2.77. The number of nitrogens with zero attached hydrogens (tertiary/aromatic N) is 1. The molecular formula is C13H13F2NO2. The standard InChI is InChI=1S/C13H13F2NO2/c1-2-6-16(9-12(17)18)8-10-4-3-5-11(7-10)13(14)15/h1,3-5,7,13H,6,8-9H2,(H,17,18). The molecule has 0 saturated heterocycles. The van der Waals surface area contributed by atoms with Gasteiger partial charge in [-0.15, -0.1) is 6.42 Å². The van der Waals surface area contributed by atoms with Crippen LogP contribution in [0.2, 0.25) is 0 Å². The van der Waals surface area contributed by atoms with Gasteiger partial charge in [0.2, 0.25) is 0 Å². The third kappa shape index (κ3) is 4.52. The van der Waals surface area contributed by atoms with Crippen LogP contribution in [-0.2, 0) is 11.3 Å². The van der Waals surface area contributed by atoms with Crippen molar-refractivity contribution in [2.24, 2.45) is 0 Å². The largest absolute Gasteiger partial charge is 0.480 e. The van der Waals surface area contributed by atoms with Crippen molar-refractivity contribution in [3.8, 4) is 12.3 Å². The summed E-state index contributed by atoms with van der Waals surface area (Å²) in [6, 6.07) is 5.87. The molecule has 5 heteroatoms. The van der Waals surface area contributed by atoms with E-state index < -0.39 is 12.4 Å². The molecule has 1 rings (SSSR count). The first kappa shape index (κ1) is 14.1. The molecule has 0 amide bonds. The fourth-order valence-electron chi connectivity index (χ4n) is 1.57. The van der Waals surface area contributed by atoms with Crippen molar-refractivity contribution in [3.05, 3.63) is 35.4 Å². The molecule has 3 nitrogen and oxygen atoms in total. The summed E-state index contributed by atoms with van der Waals surface area (Å²) < 4.78 is 25.0. The maximum absolute atomic E-state index is 12.5. The van der Waals surface area contributed by atoms with Crippen LogP contribution in [0.25, 0.3) is 0 Å². The Morgan fingerprint density at radius 3 is 2.78 bits per heavy atom. The van der Waals surface area contributed by atoms with Gasteiger partial charge in [0, 0.05) is 12.1 Å². The number of alkyl halides is 2. The van der Waals surface area contributed by atoms with Crippen LogP contribution >= 0.6 is 0 Å². The van der Waals surface area contributed by atoms with Crippen molar-refractivity contribution >= 4 is 5.97 Å². The lowest BCUT2D eigenvalue weighted by Crippen LogP contribution is -2.29. The SMILES string of the molecule is C#CCN(CC(=O)O)Cc1cccc(C(F)F)c1. The molecule has 0 aliphatic rings. The van der Waals surface area contributed by atoms with Gasteiger partial charge in [0.25, 0.3) is 6.43 Å². The smallest absolute Gasteiger partial charge is 0.317 e. The molecule has 0 atom stereocenters. The Kier molecular flexibility index (Phi) is 5.28. The van der Waals surface area contributed by atoms with E-state index in [4.69, 9.17) is 11.5 Å². The molecule has 1 aromatic rings. The van der Waals surface area contributed by atoms with Crippen molar-refractivity contribution in [1.29, 1.82) is 0 Å². The molecule has 0 saturated carbocycles. The zero-order valence-corrected chi connectivity index (χ0v) is 9.64. The minimum Gasteiger partial charge on any atom is -0.480 e. The molecule has 0 heterocycles. The van der Waals surface area contributed by atoms with Crippen LogP contribution in [0.5, 0.6) is 0 Å². The highest BCUT2D eigenvalue weighted by Gasteiger charge is 2.11. The normalized spacial score (nSPS) is 10.6. The number of carboxylic acids is 1. The van der Waals surface area contributed by atoms with E-state index in [0.717, 1.165) is 0 Å². The third-order valence-electron chi connectivity index (χ3n) is 2.28. The van der Waals surface area contributed by atoms with Gasteiger partial charge < -0.3 is 5.11 Å². The van der Waals surface area contributed by atoms with Gasteiger partial charge in [-0.1, -0.05) is 24.1 Å². The van der Waals surface area contributed by atoms with Gasteiger partial charge in [-0.05, 0) is 11.6 Å². The number of rotatable bonds is 6. The lowest BCUT2D eigenvalue weighted by Gasteiger charge is -2.17. The molecule has 0 aromatic heterocycles. The fraction of sp³-hybridized carbons (Fsp3) is 0.308. The molecule has 1 aromatic carbocycles. The molecule has 1 N–H and O–H groups in total. The monoisotopic (exact) mass is 253 g/mol. The molecule has 18 heavy (non-hydrogen) atoms. The second kappa shape index (κ2) is 6.72. The summed E-state index contributed by atoms with van der Waals surface area (Å²) in [5.74, 6) is 1.34. The predicted molar refractivity (Wildman–Crippen MR) is 63.1 cm³/mol. The number of aliphatic carboxylic acids is 1. The predicted octanol–water partition coefficient (Wildman–Crippen LogP) is 2.14. The Hall–Kier alpha value is -1.93. The van der Waals surface area contributed by atoms with Crippen molar-refractivity contribution in [1.82, 2.24) is 4.90 Å². The zero-order valence-electron chi connectivity index (χ0n) is 9.64. The minimum absolute atomic E-state index is 0.0801. The molecule has 0 spiro atoms. The first-order valence-electron chi connectivity index (χ1n) is 5.27. The van der Waals surface area contributed by atoms with Gasteiger partial charge in [-0.25, -0.2) is 8.78 Å². The second-order valence-corrected chi connectivity index (χ2v) is 3.79. The lowest BCUT2D eigenvalue weighted by molar-refractivity contribution is -0.138. The van der Waals surface area contributed by atoms with Crippen LogP contribution in [0.1, 0.15) is 17.6 Å². The second-order valence-electron chi connectivity index (χ2n) is 3.79.